The van der Waals surface area contributed by atoms with Crippen molar-refractivity contribution in [1.29, 1.82) is 0 Å². The Morgan fingerprint density at radius 3 is 2.76 bits per heavy atom. The van der Waals surface area contributed by atoms with E-state index in [0.717, 1.165) is 22.6 Å². The van der Waals surface area contributed by atoms with E-state index in [-0.39, 0.29) is 5.91 Å². The number of carbonyl (C=O) groups is 1. The van der Waals surface area contributed by atoms with Crippen molar-refractivity contribution < 1.29 is 9.32 Å². The van der Waals surface area contributed by atoms with Gasteiger partial charge < -0.3 is 9.84 Å². The highest BCUT2D eigenvalue weighted by molar-refractivity contribution is 7.99. The van der Waals surface area contributed by atoms with Gasteiger partial charge in [0, 0.05) is 22.0 Å². The van der Waals surface area contributed by atoms with Crippen molar-refractivity contribution >= 4 is 35.0 Å². The first-order valence-corrected chi connectivity index (χ1v) is 8.06. The van der Waals surface area contributed by atoms with Crippen LogP contribution in [-0.4, -0.2) is 16.8 Å². The summed E-state index contributed by atoms with van der Waals surface area (Å²) >= 11 is 7.56. The molecule has 112 valence electrons. The van der Waals surface area contributed by atoms with Crippen LogP contribution in [0.1, 0.15) is 22.6 Å². The molecule has 0 saturated carbocycles. The Morgan fingerprint density at radius 2 is 2.14 bits per heavy atom. The fourth-order valence-electron chi connectivity index (χ4n) is 1.82. The van der Waals surface area contributed by atoms with E-state index in [1.54, 1.807) is 6.07 Å². The van der Waals surface area contributed by atoms with Crippen LogP contribution in [0.5, 0.6) is 0 Å². The highest BCUT2D eigenvalue weighted by atomic mass is 35.5. The van der Waals surface area contributed by atoms with Gasteiger partial charge in [0.15, 0.2) is 0 Å². The first kappa shape index (κ1) is 15.9. The molecule has 1 aromatic carbocycles. The van der Waals surface area contributed by atoms with Crippen molar-refractivity contribution in [2.75, 3.05) is 11.1 Å². The SMILES string of the molecule is Cc1ccc(NC(=O)CSCc2c(C)noc2C)cc1Cl. The highest BCUT2D eigenvalue weighted by Crippen LogP contribution is 2.21. The molecular weight excluding hydrogens is 308 g/mol. The molecule has 6 heteroatoms. The standard InChI is InChI=1S/C15H17ClN2O2S/c1-9-4-5-12(6-14(9)16)17-15(19)8-21-7-13-10(2)18-20-11(13)3/h4-6H,7-8H2,1-3H3,(H,17,19). The zero-order valence-electron chi connectivity index (χ0n) is 12.2. The predicted molar refractivity (Wildman–Crippen MR) is 87.0 cm³/mol. The van der Waals surface area contributed by atoms with Crippen molar-refractivity contribution in [2.45, 2.75) is 26.5 Å². The second kappa shape index (κ2) is 7.00. The van der Waals surface area contributed by atoms with Gasteiger partial charge in [0.1, 0.15) is 5.76 Å². The molecule has 0 bridgehead atoms. The van der Waals surface area contributed by atoms with E-state index in [4.69, 9.17) is 16.1 Å². The number of anilines is 1. The zero-order valence-corrected chi connectivity index (χ0v) is 13.8. The predicted octanol–water partition coefficient (Wildman–Crippen LogP) is 4.13. The average Bonchev–Trinajstić information content (AvgIpc) is 2.74. The van der Waals surface area contributed by atoms with Crippen LogP contribution in [0.2, 0.25) is 5.02 Å². The molecule has 0 atom stereocenters. The quantitative estimate of drug-likeness (QED) is 0.898. The minimum atomic E-state index is -0.0494. The molecule has 1 heterocycles. The first-order chi connectivity index (χ1) is 9.97. The molecule has 1 aromatic heterocycles. The Labute approximate surface area is 133 Å². The van der Waals surface area contributed by atoms with Crippen molar-refractivity contribution in [3.8, 4) is 0 Å². The Hall–Kier alpha value is -1.46. The lowest BCUT2D eigenvalue weighted by molar-refractivity contribution is -0.113. The lowest BCUT2D eigenvalue weighted by atomic mass is 10.2. The Bertz CT molecular complexity index is 636. The number of hydrogen-bond acceptors (Lipinski definition) is 4. The lowest BCUT2D eigenvalue weighted by Gasteiger charge is -2.06. The molecule has 2 rings (SSSR count). The molecule has 0 aliphatic heterocycles. The van der Waals surface area contributed by atoms with Gasteiger partial charge >= 0.3 is 0 Å². The third-order valence-corrected chi connectivity index (χ3v) is 4.48. The van der Waals surface area contributed by atoms with Gasteiger partial charge in [-0.2, -0.15) is 0 Å². The van der Waals surface area contributed by atoms with Crippen molar-refractivity contribution in [3.05, 3.63) is 45.8 Å². The summed E-state index contributed by atoms with van der Waals surface area (Å²) in [6, 6.07) is 5.49. The van der Waals surface area contributed by atoms with Gasteiger partial charge in [-0.1, -0.05) is 22.8 Å². The van der Waals surface area contributed by atoms with E-state index in [0.29, 0.717) is 22.2 Å². The minimum Gasteiger partial charge on any atom is -0.361 e. The van der Waals surface area contributed by atoms with Gasteiger partial charge in [0.2, 0.25) is 5.91 Å². The summed E-state index contributed by atoms with van der Waals surface area (Å²) in [7, 11) is 0. The number of aryl methyl sites for hydroxylation is 3. The number of aromatic nitrogens is 1. The summed E-state index contributed by atoms with van der Waals surface area (Å²) in [5.74, 6) is 1.84. The molecule has 4 nitrogen and oxygen atoms in total. The molecule has 0 spiro atoms. The topological polar surface area (TPSA) is 55.1 Å². The van der Waals surface area contributed by atoms with Crippen LogP contribution in [0.15, 0.2) is 22.7 Å². The maximum Gasteiger partial charge on any atom is 0.234 e. The molecule has 0 unspecified atom stereocenters. The number of nitrogens with one attached hydrogen (secondary N) is 1. The van der Waals surface area contributed by atoms with Crippen molar-refractivity contribution in [3.63, 3.8) is 0 Å². The molecule has 1 N–H and O–H groups in total. The van der Waals surface area contributed by atoms with Crippen molar-refractivity contribution in [2.24, 2.45) is 0 Å². The number of amides is 1. The number of hydrogen-bond donors (Lipinski definition) is 1. The number of nitrogens with zero attached hydrogens (tertiary/aromatic N) is 1. The second-order valence-electron chi connectivity index (χ2n) is 4.81. The minimum absolute atomic E-state index is 0.0494. The van der Waals surface area contributed by atoms with Crippen LogP contribution >= 0.6 is 23.4 Å². The fraction of sp³-hybridized carbons (Fsp3) is 0.333. The van der Waals surface area contributed by atoms with Crippen LogP contribution in [0.4, 0.5) is 5.69 Å². The summed E-state index contributed by atoms with van der Waals surface area (Å²) < 4.78 is 5.09. The zero-order chi connectivity index (χ0) is 15.4. The molecule has 2 aromatic rings. The summed E-state index contributed by atoms with van der Waals surface area (Å²) in [4.78, 5) is 11.9. The smallest absolute Gasteiger partial charge is 0.234 e. The largest absolute Gasteiger partial charge is 0.361 e. The monoisotopic (exact) mass is 324 g/mol. The molecular formula is C15H17ClN2O2S. The fourth-order valence-corrected chi connectivity index (χ4v) is 2.98. The van der Waals surface area contributed by atoms with Gasteiger partial charge in [-0.3, -0.25) is 4.79 Å². The van der Waals surface area contributed by atoms with Crippen LogP contribution in [-0.2, 0) is 10.5 Å². The van der Waals surface area contributed by atoms with E-state index in [1.807, 2.05) is 32.9 Å². The number of rotatable bonds is 5. The van der Waals surface area contributed by atoms with E-state index in [1.165, 1.54) is 11.8 Å². The lowest BCUT2D eigenvalue weighted by Crippen LogP contribution is -2.14. The first-order valence-electron chi connectivity index (χ1n) is 6.53. The van der Waals surface area contributed by atoms with E-state index in [9.17, 15) is 4.79 Å². The summed E-state index contributed by atoms with van der Waals surface area (Å²) in [5.41, 5.74) is 3.65. The molecule has 0 aliphatic rings. The van der Waals surface area contributed by atoms with Crippen LogP contribution in [0, 0.1) is 20.8 Å². The van der Waals surface area contributed by atoms with Crippen LogP contribution in [0.25, 0.3) is 0 Å². The van der Waals surface area contributed by atoms with Crippen molar-refractivity contribution in [1.82, 2.24) is 5.16 Å². The maximum atomic E-state index is 11.9. The normalized spacial score (nSPS) is 10.7. The van der Waals surface area contributed by atoms with Crippen LogP contribution < -0.4 is 5.32 Å². The third kappa shape index (κ3) is 4.25. The van der Waals surface area contributed by atoms with Gasteiger partial charge in [-0.05, 0) is 38.5 Å². The number of thioether (sulfide) groups is 1. The summed E-state index contributed by atoms with van der Waals surface area (Å²) in [6.07, 6.45) is 0. The van der Waals surface area contributed by atoms with Gasteiger partial charge in [-0.15, -0.1) is 11.8 Å². The Kier molecular flexibility index (Phi) is 5.31. The average molecular weight is 325 g/mol. The molecule has 0 saturated heterocycles. The molecule has 0 aliphatic carbocycles. The summed E-state index contributed by atoms with van der Waals surface area (Å²) in [5, 5.41) is 7.38. The molecule has 0 fully saturated rings. The second-order valence-corrected chi connectivity index (χ2v) is 6.20. The molecule has 1 amide bonds. The summed E-state index contributed by atoms with van der Waals surface area (Å²) in [6.45, 7) is 5.71. The Morgan fingerprint density at radius 1 is 1.38 bits per heavy atom. The highest BCUT2D eigenvalue weighted by Gasteiger charge is 2.10. The Balaban J connectivity index is 1.84. The van der Waals surface area contributed by atoms with Crippen LogP contribution in [0.3, 0.4) is 0 Å². The number of carbonyl (C=O) groups excluding carboxylic acids is 1. The van der Waals surface area contributed by atoms with E-state index >= 15 is 0 Å². The molecule has 0 radical (unpaired) electrons. The van der Waals surface area contributed by atoms with Gasteiger partial charge in [-0.25, -0.2) is 0 Å². The van der Waals surface area contributed by atoms with E-state index in [2.05, 4.69) is 10.5 Å². The number of benzene rings is 1. The van der Waals surface area contributed by atoms with Gasteiger partial charge in [0.05, 0.1) is 11.4 Å². The maximum absolute atomic E-state index is 11.9. The van der Waals surface area contributed by atoms with E-state index < -0.39 is 0 Å². The third-order valence-electron chi connectivity index (χ3n) is 3.12. The number of halogens is 1. The van der Waals surface area contributed by atoms with Gasteiger partial charge in [0.25, 0.3) is 0 Å². The molecule has 21 heavy (non-hydrogen) atoms.